The summed E-state index contributed by atoms with van der Waals surface area (Å²) in [4.78, 5) is 25.8. The second-order valence-corrected chi connectivity index (χ2v) is 6.12. The molecule has 0 saturated carbocycles. The van der Waals surface area contributed by atoms with Gasteiger partial charge in [0.25, 0.3) is 5.56 Å². The summed E-state index contributed by atoms with van der Waals surface area (Å²) in [7, 11) is 1.28. The molecule has 0 bridgehead atoms. The lowest BCUT2D eigenvalue weighted by atomic mass is 10.00. The average Bonchev–Trinajstić information content (AvgIpc) is 2.58. The molecule has 0 spiro atoms. The third kappa shape index (κ3) is 3.14. The zero-order valence-electron chi connectivity index (χ0n) is 12.7. The monoisotopic (exact) mass is 377 g/mol. The Kier molecular flexibility index (Phi) is 4.47. The van der Waals surface area contributed by atoms with E-state index in [-0.39, 0.29) is 12.1 Å². The van der Waals surface area contributed by atoms with Gasteiger partial charge in [-0.05, 0) is 33.5 Å². The van der Waals surface area contributed by atoms with Gasteiger partial charge in [-0.3, -0.25) is 9.59 Å². The fraction of sp³-hybridized carbons (Fsp3) is 0.312. The number of carbonyl (C=O) groups excluding carboxylic acids is 1. The van der Waals surface area contributed by atoms with Crippen LogP contribution in [0.3, 0.4) is 0 Å². The van der Waals surface area contributed by atoms with Crippen molar-refractivity contribution in [2.45, 2.75) is 19.5 Å². The van der Waals surface area contributed by atoms with Gasteiger partial charge in [-0.2, -0.15) is 5.10 Å². The van der Waals surface area contributed by atoms with Crippen LogP contribution >= 0.6 is 15.9 Å². The van der Waals surface area contributed by atoms with E-state index < -0.39 is 5.97 Å². The zero-order chi connectivity index (χ0) is 16.4. The summed E-state index contributed by atoms with van der Waals surface area (Å²) in [5.74, 6) is -0.508. The van der Waals surface area contributed by atoms with Crippen molar-refractivity contribution in [3.63, 3.8) is 0 Å². The number of aromatic nitrogens is 2. The lowest BCUT2D eigenvalue weighted by Gasteiger charge is -2.31. The Morgan fingerprint density at radius 3 is 2.83 bits per heavy atom. The molecule has 0 aliphatic carbocycles. The van der Waals surface area contributed by atoms with Crippen molar-refractivity contribution in [2.24, 2.45) is 0 Å². The van der Waals surface area contributed by atoms with Crippen LogP contribution in [0.4, 0.5) is 5.69 Å². The predicted molar refractivity (Wildman–Crippen MR) is 89.4 cm³/mol. The van der Waals surface area contributed by atoms with Crippen LogP contribution in [0, 0.1) is 0 Å². The highest BCUT2D eigenvalue weighted by molar-refractivity contribution is 9.10. The second-order valence-electron chi connectivity index (χ2n) is 5.32. The quantitative estimate of drug-likeness (QED) is 0.762. The normalized spacial score (nSPS) is 13.6. The van der Waals surface area contributed by atoms with Crippen LogP contribution in [-0.4, -0.2) is 29.4 Å². The molecule has 6 nitrogen and oxygen atoms in total. The van der Waals surface area contributed by atoms with E-state index >= 15 is 0 Å². The summed E-state index contributed by atoms with van der Waals surface area (Å²) < 4.78 is 6.08. The first-order chi connectivity index (χ1) is 11.1. The number of fused-ring (bicyclic) bond motifs is 1. The smallest absolute Gasteiger partial charge is 0.327 e. The average molecular weight is 378 g/mol. The number of rotatable bonds is 3. The molecule has 1 aliphatic rings. The van der Waals surface area contributed by atoms with Gasteiger partial charge in [0.05, 0.1) is 19.0 Å². The number of methoxy groups -OCH3 is 1. The summed E-state index contributed by atoms with van der Waals surface area (Å²) in [6.07, 6.45) is 2.54. The highest BCUT2D eigenvalue weighted by Crippen LogP contribution is 2.27. The minimum atomic E-state index is -0.508. The summed E-state index contributed by atoms with van der Waals surface area (Å²) in [6, 6.07) is 8.29. The molecule has 2 heterocycles. The molecule has 0 fully saturated rings. The van der Waals surface area contributed by atoms with Crippen molar-refractivity contribution in [1.29, 1.82) is 0 Å². The van der Waals surface area contributed by atoms with Gasteiger partial charge in [0.15, 0.2) is 0 Å². The fourth-order valence-corrected chi connectivity index (χ4v) is 3.24. The Balaban J connectivity index is 1.89. The third-order valence-corrected chi connectivity index (χ3v) is 4.69. The number of carbonyl (C=O) groups is 1. The minimum absolute atomic E-state index is 0.197. The van der Waals surface area contributed by atoms with Crippen molar-refractivity contribution in [3.8, 4) is 0 Å². The highest BCUT2D eigenvalue weighted by atomic mass is 79.9. The SMILES string of the molecule is COC(=O)Cn1ncc(N2CCc3ccccc3C2)c(Br)c1=O. The molecule has 0 atom stereocenters. The molecule has 0 saturated heterocycles. The summed E-state index contributed by atoms with van der Waals surface area (Å²) >= 11 is 3.35. The number of anilines is 1. The van der Waals surface area contributed by atoms with Crippen LogP contribution in [-0.2, 0) is 29.0 Å². The van der Waals surface area contributed by atoms with Crippen molar-refractivity contribution in [1.82, 2.24) is 9.78 Å². The Morgan fingerprint density at radius 2 is 2.09 bits per heavy atom. The topological polar surface area (TPSA) is 64.4 Å². The van der Waals surface area contributed by atoms with Gasteiger partial charge in [0, 0.05) is 13.1 Å². The largest absolute Gasteiger partial charge is 0.468 e. The molecule has 3 rings (SSSR count). The van der Waals surface area contributed by atoms with Crippen molar-refractivity contribution >= 4 is 27.6 Å². The van der Waals surface area contributed by atoms with Gasteiger partial charge < -0.3 is 9.64 Å². The molecule has 0 amide bonds. The van der Waals surface area contributed by atoms with Gasteiger partial charge >= 0.3 is 5.97 Å². The van der Waals surface area contributed by atoms with Crippen molar-refractivity contribution < 1.29 is 9.53 Å². The number of nitrogens with zero attached hydrogens (tertiary/aromatic N) is 3. The van der Waals surface area contributed by atoms with E-state index in [0.717, 1.165) is 29.9 Å². The lowest BCUT2D eigenvalue weighted by Crippen LogP contribution is -2.34. The van der Waals surface area contributed by atoms with Crippen LogP contribution in [0.2, 0.25) is 0 Å². The Bertz CT molecular complexity index is 803. The Hall–Kier alpha value is -2.15. The van der Waals surface area contributed by atoms with E-state index in [4.69, 9.17) is 0 Å². The number of ether oxygens (including phenoxy) is 1. The van der Waals surface area contributed by atoms with Gasteiger partial charge in [0.1, 0.15) is 11.0 Å². The number of halogens is 1. The molecule has 1 aromatic heterocycles. The molecule has 1 aliphatic heterocycles. The van der Waals surface area contributed by atoms with Crippen LogP contribution in [0.5, 0.6) is 0 Å². The third-order valence-electron chi connectivity index (χ3n) is 3.94. The van der Waals surface area contributed by atoms with Crippen molar-refractivity contribution in [3.05, 3.63) is 56.4 Å². The number of hydrogen-bond acceptors (Lipinski definition) is 5. The summed E-state index contributed by atoms with van der Waals surface area (Å²) in [6.45, 7) is 1.35. The molecule has 1 aromatic carbocycles. The highest BCUT2D eigenvalue weighted by Gasteiger charge is 2.20. The van der Waals surface area contributed by atoms with Gasteiger partial charge in [-0.25, -0.2) is 4.68 Å². The van der Waals surface area contributed by atoms with E-state index in [1.54, 1.807) is 6.20 Å². The van der Waals surface area contributed by atoms with E-state index in [0.29, 0.717) is 4.47 Å². The molecular formula is C16H16BrN3O3. The van der Waals surface area contributed by atoms with Gasteiger partial charge in [0.2, 0.25) is 0 Å². The van der Waals surface area contributed by atoms with E-state index in [1.165, 1.54) is 18.2 Å². The predicted octanol–water partition coefficient (Wildman–Crippen LogP) is 1.74. The molecule has 2 aromatic rings. The van der Waals surface area contributed by atoms with Crippen LogP contribution < -0.4 is 10.5 Å². The molecule has 0 unspecified atom stereocenters. The van der Waals surface area contributed by atoms with E-state index in [1.807, 2.05) is 12.1 Å². The zero-order valence-corrected chi connectivity index (χ0v) is 14.2. The lowest BCUT2D eigenvalue weighted by molar-refractivity contribution is -0.141. The summed E-state index contributed by atoms with van der Waals surface area (Å²) in [5.41, 5.74) is 2.99. The molecule has 0 N–H and O–H groups in total. The molecule has 0 radical (unpaired) electrons. The minimum Gasteiger partial charge on any atom is -0.468 e. The summed E-state index contributed by atoms with van der Waals surface area (Å²) in [5, 5.41) is 4.09. The number of esters is 1. The van der Waals surface area contributed by atoms with Gasteiger partial charge in [-0.1, -0.05) is 24.3 Å². The maximum atomic E-state index is 12.3. The Morgan fingerprint density at radius 1 is 1.35 bits per heavy atom. The second kappa shape index (κ2) is 6.54. The number of hydrogen-bond donors (Lipinski definition) is 0. The number of benzene rings is 1. The first kappa shape index (κ1) is 15.7. The maximum absolute atomic E-state index is 12.3. The van der Waals surface area contributed by atoms with Crippen LogP contribution in [0.15, 0.2) is 39.7 Å². The van der Waals surface area contributed by atoms with Crippen LogP contribution in [0.1, 0.15) is 11.1 Å². The van der Waals surface area contributed by atoms with Crippen LogP contribution in [0.25, 0.3) is 0 Å². The van der Waals surface area contributed by atoms with Gasteiger partial charge in [-0.15, -0.1) is 0 Å². The maximum Gasteiger partial charge on any atom is 0.327 e. The molecule has 23 heavy (non-hydrogen) atoms. The standard InChI is InChI=1S/C16H16BrN3O3/c1-23-14(21)10-20-16(22)15(17)13(8-18-20)19-7-6-11-4-2-3-5-12(11)9-19/h2-5,8H,6-7,9-10H2,1H3. The van der Waals surface area contributed by atoms with E-state index in [2.05, 4.69) is 42.8 Å². The Labute approximate surface area is 141 Å². The first-order valence-corrected chi connectivity index (χ1v) is 8.03. The molecular weight excluding hydrogens is 362 g/mol. The van der Waals surface area contributed by atoms with Crippen molar-refractivity contribution in [2.75, 3.05) is 18.6 Å². The van der Waals surface area contributed by atoms with E-state index in [9.17, 15) is 9.59 Å². The molecule has 120 valence electrons. The fourth-order valence-electron chi connectivity index (χ4n) is 2.68. The first-order valence-electron chi connectivity index (χ1n) is 7.24. The molecule has 7 heteroatoms.